The van der Waals surface area contributed by atoms with Gasteiger partial charge in [-0.15, -0.1) is 0 Å². The van der Waals surface area contributed by atoms with Gasteiger partial charge in [0.25, 0.3) is 11.8 Å². The molecule has 1 unspecified atom stereocenters. The van der Waals surface area contributed by atoms with E-state index in [2.05, 4.69) is 5.32 Å². The molecule has 7 heteroatoms. The molecule has 3 amide bonds. The predicted molar refractivity (Wildman–Crippen MR) is 112 cm³/mol. The fraction of sp³-hybridized carbons (Fsp3) is 0.318. The summed E-state index contributed by atoms with van der Waals surface area (Å²) in [5.74, 6) is -0.842. The number of nitrogens with zero attached hydrogens (tertiary/aromatic N) is 2. The minimum absolute atomic E-state index is 0.173. The Balaban J connectivity index is 1.85. The first-order valence-electron chi connectivity index (χ1n) is 9.60. The van der Waals surface area contributed by atoms with Gasteiger partial charge in [-0.3, -0.25) is 19.3 Å². The van der Waals surface area contributed by atoms with Crippen molar-refractivity contribution in [2.45, 2.75) is 45.3 Å². The second kappa shape index (κ2) is 6.88. The molecule has 2 heterocycles. The van der Waals surface area contributed by atoms with Gasteiger partial charge in [0, 0.05) is 29.6 Å². The summed E-state index contributed by atoms with van der Waals surface area (Å²) in [6, 6.07) is 11.9. The van der Waals surface area contributed by atoms with Crippen LogP contribution < -0.4 is 10.2 Å². The smallest absolute Gasteiger partial charge is 0.271 e. The molecule has 0 bridgehead atoms. The summed E-state index contributed by atoms with van der Waals surface area (Å²) in [6.45, 7) is 5.58. The zero-order valence-corrected chi connectivity index (χ0v) is 17.3. The van der Waals surface area contributed by atoms with Crippen molar-refractivity contribution in [3.63, 3.8) is 0 Å². The van der Waals surface area contributed by atoms with Crippen molar-refractivity contribution in [1.82, 2.24) is 4.90 Å². The van der Waals surface area contributed by atoms with Gasteiger partial charge in [-0.05, 0) is 50.6 Å². The van der Waals surface area contributed by atoms with Crippen LogP contribution in [-0.2, 0) is 9.59 Å². The van der Waals surface area contributed by atoms with Crippen molar-refractivity contribution in [2.24, 2.45) is 0 Å². The van der Waals surface area contributed by atoms with Crippen LogP contribution in [0.5, 0.6) is 0 Å². The summed E-state index contributed by atoms with van der Waals surface area (Å²) in [6.07, 6.45) is 0.419. The third-order valence-electron chi connectivity index (χ3n) is 5.61. The van der Waals surface area contributed by atoms with E-state index >= 15 is 0 Å². The van der Waals surface area contributed by atoms with E-state index in [1.165, 1.54) is 9.80 Å². The molecule has 1 N–H and O–H groups in total. The third kappa shape index (κ3) is 2.82. The summed E-state index contributed by atoms with van der Waals surface area (Å²) >= 11 is 6.20. The monoisotopic (exact) mass is 411 g/mol. The standard InChI is InChI=1S/C22H22ClN3O3/c1-13(2)25-20(28)16-6-4-5-7-18(16)26-19(27)10-11-22(25,26)21(29)24-15-9-8-14(3)17(23)12-15/h4-9,12-13H,10-11H2,1-3H3,(H,24,29). The number of carbonyl (C=O) groups excluding carboxylic acids is 3. The lowest BCUT2D eigenvalue weighted by Gasteiger charge is -2.50. The number of aryl methyl sites for hydroxylation is 1. The molecule has 2 aromatic carbocycles. The SMILES string of the molecule is Cc1ccc(NC(=O)C23CCC(=O)N2c2ccccc2C(=O)N3C(C)C)cc1Cl. The molecule has 2 aliphatic heterocycles. The molecule has 1 fully saturated rings. The fourth-order valence-corrected chi connectivity index (χ4v) is 4.49. The van der Waals surface area contributed by atoms with Crippen LogP contribution in [0, 0.1) is 6.92 Å². The molecular weight excluding hydrogens is 390 g/mol. The van der Waals surface area contributed by atoms with Crippen molar-refractivity contribution >= 4 is 40.7 Å². The number of para-hydroxylation sites is 1. The van der Waals surface area contributed by atoms with Crippen LogP contribution in [0.4, 0.5) is 11.4 Å². The van der Waals surface area contributed by atoms with Crippen LogP contribution in [0.15, 0.2) is 42.5 Å². The van der Waals surface area contributed by atoms with Crippen LogP contribution >= 0.6 is 11.6 Å². The highest BCUT2D eigenvalue weighted by molar-refractivity contribution is 6.31. The minimum atomic E-state index is -1.41. The maximum Gasteiger partial charge on any atom is 0.271 e. The second-order valence-electron chi connectivity index (χ2n) is 7.75. The largest absolute Gasteiger partial charge is 0.322 e. The number of nitrogens with one attached hydrogen (secondary N) is 1. The number of hydrogen-bond donors (Lipinski definition) is 1. The van der Waals surface area contributed by atoms with E-state index in [4.69, 9.17) is 11.6 Å². The van der Waals surface area contributed by atoms with Crippen molar-refractivity contribution in [3.8, 4) is 0 Å². The molecule has 0 aromatic heterocycles. The molecule has 2 aromatic rings. The van der Waals surface area contributed by atoms with Gasteiger partial charge in [0.2, 0.25) is 11.6 Å². The molecule has 150 valence electrons. The number of hydrogen-bond acceptors (Lipinski definition) is 3. The van der Waals surface area contributed by atoms with Gasteiger partial charge in [-0.25, -0.2) is 0 Å². The van der Waals surface area contributed by atoms with E-state index in [9.17, 15) is 14.4 Å². The quantitative estimate of drug-likeness (QED) is 0.830. The van der Waals surface area contributed by atoms with Crippen molar-refractivity contribution in [3.05, 3.63) is 58.6 Å². The second-order valence-corrected chi connectivity index (χ2v) is 8.16. The van der Waals surface area contributed by atoms with Gasteiger partial charge in [0.05, 0.1) is 11.3 Å². The molecule has 0 spiro atoms. The number of halogens is 1. The van der Waals surface area contributed by atoms with E-state index in [0.29, 0.717) is 22.0 Å². The molecule has 1 atom stereocenters. The molecule has 0 aliphatic carbocycles. The topological polar surface area (TPSA) is 69.7 Å². The van der Waals surface area contributed by atoms with Gasteiger partial charge >= 0.3 is 0 Å². The predicted octanol–water partition coefficient (Wildman–Crippen LogP) is 3.97. The number of benzene rings is 2. The Hall–Kier alpha value is -2.86. The number of fused-ring (bicyclic) bond motifs is 3. The minimum Gasteiger partial charge on any atom is -0.322 e. The summed E-state index contributed by atoms with van der Waals surface area (Å²) in [5.41, 5.74) is 0.918. The van der Waals surface area contributed by atoms with Crippen LogP contribution in [0.1, 0.15) is 42.6 Å². The highest BCUT2D eigenvalue weighted by Crippen LogP contribution is 2.45. The lowest BCUT2D eigenvalue weighted by atomic mass is 9.94. The maximum atomic E-state index is 13.6. The number of anilines is 2. The van der Waals surface area contributed by atoms with E-state index < -0.39 is 11.6 Å². The molecule has 29 heavy (non-hydrogen) atoms. The summed E-state index contributed by atoms with van der Waals surface area (Å²) < 4.78 is 0. The highest BCUT2D eigenvalue weighted by Gasteiger charge is 2.61. The van der Waals surface area contributed by atoms with Crippen molar-refractivity contribution in [2.75, 3.05) is 10.2 Å². The van der Waals surface area contributed by atoms with Crippen LogP contribution in [0.2, 0.25) is 5.02 Å². The van der Waals surface area contributed by atoms with E-state index in [1.807, 2.05) is 26.8 Å². The average Bonchev–Trinajstić information content (AvgIpc) is 3.03. The van der Waals surface area contributed by atoms with Crippen LogP contribution in [-0.4, -0.2) is 34.3 Å². The Kier molecular flexibility index (Phi) is 4.62. The van der Waals surface area contributed by atoms with E-state index in [-0.39, 0.29) is 30.7 Å². The molecule has 0 radical (unpaired) electrons. The van der Waals surface area contributed by atoms with E-state index in [1.54, 1.807) is 36.4 Å². The number of rotatable bonds is 3. The molecule has 1 saturated heterocycles. The Morgan fingerprint density at radius 1 is 1.17 bits per heavy atom. The number of carbonyl (C=O) groups is 3. The molecule has 2 aliphatic rings. The number of amides is 3. The maximum absolute atomic E-state index is 13.6. The van der Waals surface area contributed by atoms with Crippen molar-refractivity contribution < 1.29 is 14.4 Å². The Morgan fingerprint density at radius 2 is 1.90 bits per heavy atom. The Bertz CT molecular complexity index is 1040. The van der Waals surface area contributed by atoms with Gasteiger partial charge in [-0.1, -0.05) is 29.8 Å². The summed E-state index contributed by atoms with van der Waals surface area (Å²) in [5, 5.41) is 3.42. The average molecular weight is 412 g/mol. The summed E-state index contributed by atoms with van der Waals surface area (Å²) in [4.78, 5) is 42.9. The molecule has 0 saturated carbocycles. The van der Waals surface area contributed by atoms with Crippen LogP contribution in [0.25, 0.3) is 0 Å². The zero-order valence-electron chi connectivity index (χ0n) is 16.5. The highest BCUT2D eigenvalue weighted by atomic mass is 35.5. The van der Waals surface area contributed by atoms with Crippen molar-refractivity contribution in [1.29, 1.82) is 0 Å². The van der Waals surface area contributed by atoms with E-state index in [0.717, 1.165) is 5.56 Å². The van der Waals surface area contributed by atoms with Gasteiger partial charge in [0.1, 0.15) is 0 Å². The Labute approximate surface area is 174 Å². The third-order valence-corrected chi connectivity index (χ3v) is 6.02. The lowest BCUT2D eigenvalue weighted by Crippen LogP contribution is -2.70. The first-order valence-corrected chi connectivity index (χ1v) is 9.98. The fourth-order valence-electron chi connectivity index (χ4n) is 4.31. The molecule has 6 nitrogen and oxygen atoms in total. The first kappa shape index (κ1) is 19.5. The lowest BCUT2D eigenvalue weighted by molar-refractivity contribution is -0.129. The van der Waals surface area contributed by atoms with Gasteiger partial charge in [0.15, 0.2) is 0 Å². The zero-order chi connectivity index (χ0) is 20.9. The van der Waals surface area contributed by atoms with Gasteiger partial charge < -0.3 is 10.2 Å². The Morgan fingerprint density at radius 3 is 2.59 bits per heavy atom. The first-order chi connectivity index (χ1) is 13.8. The normalized spacial score (nSPS) is 20.7. The molecular formula is C22H22ClN3O3. The van der Waals surface area contributed by atoms with Gasteiger partial charge in [-0.2, -0.15) is 0 Å². The molecule has 4 rings (SSSR count). The summed E-state index contributed by atoms with van der Waals surface area (Å²) in [7, 11) is 0. The van der Waals surface area contributed by atoms with Crippen LogP contribution in [0.3, 0.4) is 0 Å².